The molecule has 3 amide bonds. The topological polar surface area (TPSA) is 113 Å². The monoisotopic (exact) mass is 271 g/mol. The highest BCUT2D eigenvalue weighted by atomic mass is 16.4. The minimum absolute atomic E-state index is 0.0838. The number of hydrogen-bond donors (Lipinski definition) is 3. The number of carbonyl (C=O) groups is 3. The molecule has 0 bridgehead atoms. The van der Waals surface area contributed by atoms with Gasteiger partial charge in [-0.15, -0.1) is 0 Å². The van der Waals surface area contributed by atoms with E-state index in [1.54, 1.807) is 4.90 Å². The van der Waals surface area contributed by atoms with Gasteiger partial charge in [-0.1, -0.05) is 0 Å². The number of nitrogens with two attached hydrogens (primary N) is 1. The molecule has 0 radical (unpaired) electrons. The van der Waals surface area contributed by atoms with Gasteiger partial charge < -0.3 is 21.1 Å². The summed E-state index contributed by atoms with van der Waals surface area (Å²) in [5.74, 6) is -1.46. The molecule has 0 aromatic heterocycles. The summed E-state index contributed by atoms with van der Waals surface area (Å²) in [5.41, 5.74) is 5.20. The number of likely N-dealkylation sites (tertiary alicyclic amines) is 1. The van der Waals surface area contributed by atoms with Crippen LogP contribution in [0.3, 0.4) is 0 Å². The van der Waals surface area contributed by atoms with Gasteiger partial charge in [-0.3, -0.25) is 9.59 Å². The summed E-state index contributed by atoms with van der Waals surface area (Å²) in [6, 6.07) is -0.300. The molecule has 7 heteroatoms. The minimum atomic E-state index is -0.831. The standard InChI is InChI=1S/C12H21N3O4/c1-8(3-2-4-10(16)17)14-12(19)15-6-5-9(7-15)11(13)18/h8-9H,2-7H2,1H3,(H2,13,18)(H,14,19)(H,16,17). The molecule has 108 valence electrons. The Bertz CT molecular complexity index is 359. The molecule has 7 nitrogen and oxygen atoms in total. The number of primary amides is 1. The molecule has 0 aliphatic carbocycles. The number of amides is 3. The average Bonchev–Trinajstić information content (AvgIpc) is 2.77. The maximum absolute atomic E-state index is 11.9. The lowest BCUT2D eigenvalue weighted by Crippen LogP contribution is -2.43. The van der Waals surface area contributed by atoms with Crippen LogP contribution >= 0.6 is 0 Å². The highest BCUT2D eigenvalue weighted by molar-refractivity contribution is 5.80. The highest BCUT2D eigenvalue weighted by Gasteiger charge is 2.29. The van der Waals surface area contributed by atoms with Crippen LogP contribution in [-0.4, -0.2) is 47.0 Å². The predicted molar refractivity (Wildman–Crippen MR) is 68.4 cm³/mol. The molecule has 1 heterocycles. The van der Waals surface area contributed by atoms with Crippen molar-refractivity contribution in [2.75, 3.05) is 13.1 Å². The van der Waals surface area contributed by atoms with Crippen molar-refractivity contribution in [3.8, 4) is 0 Å². The van der Waals surface area contributed by atoms with Crippen molar-refractivity contribution in [2.24, 2.45) is 11.7 Å². The molecule has 0 spiro atoms. The van der Waals surface area contributed by atoms with Gasteiger partial charge in [-0.2, -0.15) is 0 Å². The molecular weight excluding hydrogens is 250 g/mol. The van der Waals surface area contributed by atoms with Crippen molar-refractivity contribution >= 4 is 17.9 Å². The van der Waals surface area contributed by atoms with E-state index in [0.29, 0.717) is 32.4 Å². The second-order valence-corrected chi connectivity index (χ2v) is 4.97. The van der Waals surface area contributed by atoms with E-state index in [9.17, 15) is 14.4 Å². The van der Waals surface area contributed by atoms with Crippen LogP contribution in [0.4, 0.5) is 4.79 Å². The molecule has 1 aliphatic rings. The van der Waals surface area contributed by atoms with Crippen molar-refractivity contribution in [3.63, 3.8) is 0 Å². The first-order chi connectivity index (χ1) is 8.90. The fourth-order valence-corrected chi connectivity index (χ4v) is 2.11. The van der Waals surface area contributed by atoms with Crippen molar-refractivity contribution < 1.29 is 19.5 Å². The van der Waals surface area contributed by atoms with Gasteiger partial charge in [0.25, 0.3) is 0 Å². The van der Waals surface area contributed by atoms with Crippen LogP contribution < -0.4 is 11.1 Å². The van der Waals surface area contributed by atoms with E-state index in [-0.39, 0.29) is 30.3 Å². The molecule has 1 aliphatic heterocycles. The first-order valence-corrected chi connectivity index (χ1v) is 6.46. The number of carboxylic acids is 1. The fraction of sp³-hybridized carbons (Fsp3) is 0.750. The lowest BCUT2D eigenvalue weighted by Gasteiger charge is -2.20. The van der Waals surface area contributed by atoms with Crippen LogP contribution in [0, 0.1) is 5.92 Å². The number of carboxylic acid groups (broad SMARTS) is 1. The summed E-state index contributed by atoms with van der Waals surface area (Å²) in [6.45, 7) is 2.73. The largest absolute Gasteiger partial charge is 0.481 e. The van der Waals surface area contributed by atoms with E-state index < -0.39 is 5.97 Å². The molecule has 4 N–H and O–H groups in total. The second-order valence-electron chi connectivity index (χ2n) is 4.97. The molecule has 0 aromatic rings. The molecule has 1 saturated heterocycles. The molecule has 1 fully saturated rings. The molecule has 19 heavy (non-hydrogen) atoms. The summed E-state index contributed by atoms with van der Waals surface area (Å²) < 4.78 is 0. The predicted octanol–water partition coefficient (Wildman–Crippen LogP) is 0.147. The number of nitrogens with one attached hydrogen (secondary N) is 1. The number of aliphatic carboxylic acids is 1. The van der Waals surface area contributed by atoms with E-state index >= 15 is 0 Å². The van der Waals surface area contributed by atoms with Gasteiger partial charge in [-0.25, -0.2) is 4.79 Å². The normalized spacial score (nSPS) is 20.1. The molecule has 0 saturated carbocycles. The Morgan fingerprint density at radius 3 is 2.68 bits per heavy atom. The Balaban J connectivity index is 2.27. The number of carbonyl (C=O) groups excluding carboxylic acids is 2. The SMILES string of the molecule is CC(CCCC(=O)O)NC(=O)N1CCC(C(N)=O)C1. The molecule has 0 aromatic carbocycles. The van der Waals surface area contributed by atoms with Gasteiger partial charge in [0.05, 0.1) is 5.92 Å². The van der Waals surface area contributed by atoms with Gasteiger partial charge in [0.1, 0.15) is 0 Å². The molecule has 2 atom stereocenters. The first-order valence-electron chi connectivity index (χ1n) is 6.46. The molecule has 1 rings (SSSR count). The van der Waals surface area contributed by atoms with Crippen LogP contribution in [0.25, 0.3) is 0 Å². The van der Waals surface area contributed by atoms with Crippen LogP contribution in [0.1, 0.15) is 32.6 Å². The number of rotatable bonds is 6. The maximum Gasteiger partial charge on any atom is 0.317 e. The average molecular weight is 271 g/mol. The lowest BCUT2D eigenvalue weighted by molar-refractivity contribution is -0.137. The van der Waals surface area contributed by atoms with Crippen molar-refractivity contribution in [3.05, 3.63) is 0 Å². The van der Waals surface area contributed by atoms with E-state index in [4.69, 9.17) is 10.8 Å². The Labute approximate surface area is 112 Å². The summed E-state index contributed by atoms with van der Waals surface area (Å²) in [4.78, 5) is 34.8. The minimum Gasteiger partial charge on any atom is -0.481 e. The smallest absolute Gasteiger partial charge is 0.317 e. The third-order valence-electron chi connectivity index (χ3n) is 3.28. The Morgan fingerprint density at radius 2 is 2.16 bits per heavy atom. The van der Waals surface area contributed by atoms with Gasteiger partial charge in [0.2, 0.25) is 5.91 Å². The zero-order valence-corrected chi connectivity index (χ0v) is 11.1. The van der Waals surface area contributed by atoms with Crippen molar-refractivity contribution in [1.82, 2.24) is 10.2 Å². The maximum atomic E-state index is 11.9. The zero-order valence-electron chi connectivity index (χ0n) is 11.1. The third kappa shape index (κ3) is 5.15. The number of hydrogen-bond acceptors (Lipinski definition) is 3. The van der Waals surface area contributed by atoms with Gasteiger partial charge >= 0.3 is 12.0 Å². The summed E-state index contributed by atoms with van der Waals surface area (Å²) in [6.07, 6.45) is 1.86. The second kappa shape index (κ2) is 6.96. The van der Waals surface area contributed by atoms with Gasteiger partial charge in [0.15, 0.2) is 0 Å². The lowest BCUT2D eigenvalue weighted by atomic mass is 10.1. The Morgan fingerprint density at radius 1 is 1.47 bits per heavy atom. The number of urea groups is 1. The van der Waals surface area contributed by atoms with Crippen molar-refractivity contribution in [1.29, 1.82) is 0 Å². The van der Waals surface area contributed by atoms with E-state index in [1.807, 2.05) is 6.92 Å². The van der Waals surface area contributed by atoms with Gasteiger partial charge in [0, 0.05) is 25.6 Å². The van der Waals surface area contributed by atoms with E-state index in [1.165, 1.54) is 0 Å². The van der Waals surface area contributed by atoms with Crippen LogP contribution in [0.5, 0.6) is 0 Å². The fourth-order valence-electron chi connectivity index (χ4n) is 2.11. The quantitative estimate of drug-likeness (QED) is 0.638. The third-order valence-corrected chi connectivity index (χ3v) is 3.28. The zero-order chi connectivity index (χ0) is 14.4. The summed E-state index contributed by atoms with van der Waals surface area (Å²) in [7, 11) is 0. The number of nitrogens with zero attached hydrogens (tertiary/aromatic N) is 1. The van der Waals surface area contributed by atoms with Gasteiger partial charge in [-0.05, 0) is 26.2 Å². The summed E-state index contributed by atoms with van der Waals surface area (Å²) >= 11 is 0. The molecule has 2 unspecified atom stereocenters. The Hall–Kier alpha value is -1.79. The highest BCUT2D eigenvalue weighted by Crippen LogP contribution is 2.15. The summed E-state index contributed by atoms with van der Waals surface area (Å²) in [5, 5.41) is 11.3. The van der Waals surface area contributed by atoms with Crippen molar-refractivity contribution in [2.45, 2.75) is 38.6 Å². The first kappa shape index (κ1) is 15.3. The van der Waals surface area contributed by atoms with Crippen LogP contribution in [0.15, 0.2) is 0 Å². The van der Waals surface area contributed by atoms with E-state index in [2.05, 4.69) is 5.32 Å². The van der Waals surface area contributed by atoms with Crippen LogP contribution in [-0.2, 0) is 9.59 Å². The van der Waals surface area contributed by atoms with E-state index in [0.717, 1.165) is 0 Å². The van der Waals surface area contributed by atoms with Crippen LogP contribution in [0.2, 0.25) is 0 Å². The molecular formula is C12H21N3O4. The Kier molecular flexibility index (Phi) is 5.59.